The molecule has 7 nitrogen and oxygen atoms in total. The van der Waals surface area contributed by atoms with Gasteiger partial charge in [0.1, 0.15) is 12.6 Å². The summed E-state index contributed by atoms with van der Waals surface area (Å²) < 4.78 is 29.3. The normalized spacial score (nSPS) is 11.9. The van der Waals surface area contributed by atoms with Crippen LogP contribution in [0.3, 0.4) is 0 Å². The number of amides is 2. The lowest BCUT2D eigenvalue weighted by molar-refractivity contribution is -0.140. The topological polar surface area (TPSA) is 86.8 Å². The third-order valence-electron chi connectivity index (χ3n) is 7.27. The SMILES string of the molecule is CCCNC(=O)C(Cc1ccccc1)N(Cc1cccc(Cl)c1)C(=O)CN(c1ccc(C)cc1)S(=O)(=O)c1ccc(C)cc1. The van der Waals surface area contributed by atoms with Crippen LogP contribution in [0.4, 0.5) is 5.69 Å². The van der Waals surface area contributed by atoms with Gasteiger partial charge in [0.2, 0.25) is 11.8 Å². The first-order valence-electron chi connectivity index (χ1n) is 14.6. The molecule has 4 aromatic carbocycles. The Balaban J connectivity index is 1.79. The second-order valence-corrected chi connectivity index (χ2v) is 13.1. The monoisotopic (exact) mass is 631 g/mol. The van der Waals surface area contributed by atoms with E-state index in [4.69, 9.17) is 11.6 Å². The van der Waals surface area contributed by atoms with Gasteiger partial charge in [-0.05, 0) is 67.8 Å². The smallest absolute Gasteiger partial charge is 0.264 e. The first-order valence-corrected chi connectivity index (χ1v) is 16.4. The second kappa shape index (κ2) is 15.0. The van der Waals surface area contributed by atoms with Crippen molar-refractivity contribution in [3.63, 3.8) is 0 Å². The first kappa shape index (κ1) is 32.8. The molecule has 0 radical (unpaired) electrons. The Labute approximate surface area is 265 Å². The van der Waals surface area contributed by atoms with Crippen molar-refractivity contribution in [2.75, 3.05) is 17.4 Å². The summed E-state index contributed by atoms with van der Waals surface area (Å²) in [5.74, 6) is -0.830. The molecule has 4 aromatic rings. The van der Waals surface area contributed by atoms with Crippen molar-refractivity contribution in [1.29, 1.82) is 0 Å². The minimum absolute atomic E-state index is 0.0583. The van der Waals surface area contributed by atoms with Crippen LogP contribution in [0.5, 0.6) is 0 Å². The number of benzene rings is 4. The number of rotatable bonds is 13. The quantitative estimate of drug-likeness (QED) is 0.187. The van der Waals surface area contributed by atoms with Gasteiger partial charge in [-0.2, -0.15) is 0 Å². The van der Waals surface area contributed by atoms with Crippen LogP contribution < -0.4 is 9.62 Å². The van der Waals surface area contributed by atoms with E-state index in [1.54, 1.807) is 54.6 Å². The molecule has 0 saturated heterocycles. The van der Waals surface area contributed by atoms with Gasteiger partial charge < -0.3 is 10.2 Å². The molecule has 0 aliphatic carbocycles. The zero-order valence-electron chi connectivity index (χ0n) is 25.2. The highest BCUT2D eigenvalue weighted by Gasteiger charge is 2.34. The first-order chi connectivity index (χ1) is 21.1. The van der Waals surface area contributed by atoms with E-state index < -0.39 is 28.5 Å². The molecule has 0 bridgehead atoms. The summed E-state index contributed by atoms with van der Waals surface area (Å²) >= 11 is 6.29. The Kier molecular flexibility index (Phi) is 11.2. The fourth-order valence-electron chi connectivity index (χ4n) is 4.83. The predicted molar refractivity (Wildman–Crippen MR) is 176 cm³/mol. The largest absolute Gasteiger partial charge is 0.354 e. The number of hydrogen-bond donors (Lipinski definition) is 1. The highest BCUT2D eigenvalue weighted by Crippen LogP contribution is 2.26. The molecule has 0 aromatic heterocycles. The van der Waals surface area contributed by atoms with Crippen LogP contribution in [0.25, 0.3) is 0 Å². The lowest BCUT2D eigenvalue weighted by Gasteiger charge is -2.34. The molecule has 0 aliphatic rings. The van der Waals surface area contributed by atoms with Gasteiger partial charge in [-0.25, -0.2) is 8.42 Å². The van der Waals surface area contributed by atoms with Crippen LogP contribution in [-0.2, 0) is 32.6 Å². The van der Waals surface area contributed by atoms with E-state index in [1.165, 1.54) is 17.0 Å². The van der Waals surface area contributed by atoms with Crippen LogP contribution in [-0.4, -0.2) is 44.3 Å². The van der Waals surface area contributed by atoms with Crippen molar-refractivity contribution in [2.45, 2.75) is 51.1 Å². The Morgan fingerprint density at radius 2 is 1.43 bits per heavy atom. The molecule has 0 spiro atoms. The number of halogens is 1. The summed E-state index contributed by atoms with van der Waals surface area (Å²) in [6.07, 6.45) is 0.972. The number of sulfonamides is 1. The zero-order chi connectivity index (χ0) is 31.7. The highest BCUT2D eigenvalue weighted by molar-refractivity contribution is 7.92. The van der Waals surface area contributed by atoms with E-state index in [-0.39, 0.29) is 23.8 Å². The van der Waals surface area contributed by atoms with Crippen LogP contribution >= 0.6 is 11.6 Å². The van der Waals surface area contributed by atoms with E-state index in [0.717, 1.165) is 33.0 Å². The molecule has 1 atom stereocenters. The number of nitrogens with one attached hydrogen (secondary N) is 1. The van der Waals surface area contributed by atoms with Gasteiger partial charge in [0, 0.05) is 24.5 Å². The molecule has 230 valence electrons. The van der Waals surface area contributed by atoms with Gasteiger partial charge in [-0.3, -0.25) is 13.9 Å². The van der Waals surface area contributed by atoms with Gasteiger partial charge in [-0.1, -0.05) is 96.4 Å². The number of anilines is 1. The Bertz CT molecular complexity index is 1660. The summed E-state index contributed by atoms with van der Waals surface area (Å²) in [7, 11) is -4.15. The maximum Gasteiger partial charge on any atom is 0.264 e. The van der Waals surface area contributed by atoms with Crippen molar-refractivity contribution < 1.29 is 18.0 Å². The van der Waals surface area contributed by atoms with Crippen molar-refractivity contribution >= 4 is 39.1 Å². The molecule has 2 amide bonds. The van der Waals surface area contributed by atoms with Crippen LogP contribution in [0.1, 0.15) is 35.6 Å². The molecule has 9 heteroatoms. The Morgan fingerprint density at radius 1 is 0.818 bits per heavy atom. The van der Waals surface area contributed by atoms with Gasteiger partial charge >= 0.3 is 0 Å². The summed E-state index contributed by atoms with van der Waals surface area (Å²) in [5.41, 5.74) is 3.80. The molecule has 0 fully saturated rings. The highest BCUT2D eigenvalue weighted by atomic mass is 35.5. The van der Waals surface area contributed by atoms with Crippen LogP contribution in [0, 0.1) is 13.8 Å². The summed E-state index contributed by atoms with van der Waals surface area (Å²) in [5, 5.41) is 3.44. The predicted octanol–water partition coefficient (Wildman–Crippen LogP) is 6.32. The minimum Gasteiger partial charge on any atom is -0.354 e. The average molecular weight is 632 g/mol. The van der Waals surface area contributed by atoms with Crippen LogP contribution in [0.2, 0.25) is 5.02 Å². The molecule has 1 N–H and O–H groups in total. The van der Waals surface area contributed by atoms with Gasteiger partial charge in [0.05, 0.1) is 10.6 Å². The number of hydrogen-bond acceptors (Lipinski definition) is 4. The van der Waals surface area contributed by atoms with Crippen molar-refractivity contribution in [3.8, 4) is 0 Å². The third kappa shape index (κ3) is 8.49. The van der Waals surface area contributed by atoms with Crippen molar-refractivity contribution in [1.82, 2.24) is 10.2 Å². The van der Waals surface area contributed by atoms with E-state index >= 15 is 0 Å². The lowest BCUT2D eigenvalue weighted by Crippen LogP contribution is -2.53. The summed E-state index contributed by atoms with van der Waals surface area (Å²) in [6, 6.07) is 29.1. The molecule has 0 heterocycles. The number of nitrogens with zero attached hydrogens (tertiary/aromatic N) is 2. The van der Waals surface area contributed by atoms with E-state index in [0.29, 0.717) is 17.3 Å². The zero-order valence-corrected chi connectivity index (χ0v) is 26.8. The minimum atomic E-state index is -4.15. The van der Waals surface area contributed by atoms with E-state index in [9.17, 15) is 18.0 Å². The molecular formula is C35H38ClN3O4S. The standard InChI is InChI=1S/C35H38ClN3O4S/c1-4-21-37-35(41)33(23-28-9-6-5-7-10-28)38(24-29-11-8-12-30(36)22-29)34(40)25-39(31-17-13-26(2)14-18-31)44(42,43)32-19-15-27(3)16-20-32/h5-20,22,33H,4,21,23-25H2,1-3H3,(H,37,41). The van der Waals surface area contributed by atoms with E-state index in [2.05, 4.69) is 5.32 Å². The molecule has 0 aliphatic heterocycles. The molecule has 4 rings (SSSR count). The fraction of sp³-hybridized carbons (Fsp3) is 0.257. The van der Waals surface area contributed by atoms with Crippen molar-refractivity contribution in [3.05, 3.63) is 130 Å². The Morgan fingerprint density at radius 3 is 2.05 bits per heavy atom. The van der Waals surface area contributed by atoms with Gasteiger partial charge in [0.25, 0.3) is 10.0 Å². The average Bonchev–Trinajstić information content (AvgIpc) is 3.01. The van der Waals surface area contributed by atoms with Gasteiger partial charge in [0.15, 0.2) is 0 Å². The number of carbonyl (C=O) groups is 2. The number of carbonyl (C=O) groups excluding carboxylic acids is 2. The Hall–Kier alpha value is -4.14. The maximum atomic E-state index is 14.4. The van der Waals surface area contributed by atoms with Gasteiger partial charge in [-0.15, -0.1) is 0 Å². The summed E-state index contributed by atoms with van der Waals surface area (Å²) in [4.78, 5) is 29.7. The molecule has 1 unspecified atom stereocenters. The second-order valence-electron chi connectivity index (χ2n) is 10.8. The number of aryl methyl sites for hydroxylation is 2. The van der Waals surface area contributed by atoms with Crippen LogP contribution in [0.15, 0.2) is 108 Å². The molecular weight excluding hydrogens is 594 g/mol. The summed E-state index contributed by atoms with van der Waals surface area (Å²) in [6.45, 7) is 5.73. The molecule has 44 heavy (non-hydrogen) atoms. The van der Waals surface area contributed by atoms with Crippen molar-refractivity contribution in [2.24, 2.45) is 0 Å². The van der Waals surface area contributed by atoms with E-state index in [1.807, 2.05) is 57.2 Å². The lowest BCUT2D eigenvalue weighted by atomic mass is 10.0. The fourth-order valence-corrected chi connectivity index (χ4v) is 6.46. The maximum absolute atomic E-state index is 14.4. The molecule has 0 saturated carbocycles. The third-order valence-corrected chi connectivity index (χ3v) is 9.30.